The summed E-state index contributed by atoms with van der Waals surface area (Å²) < 4.78 is 4.82. The molecule has 0 bridgehead atoms. The van der Waals surface area contributed by atoms with Gasteiger partial charge in [0.25, 0.3) is 0 Å². The Kier molecular flexibility index (Phi) is 4.87. The molecule has 0 amide bonds. The van der Waals surface area contributed by atoms with Crippen molar-refractivity contribution in [3.8, 4) is 22.3 Å². The molecule has 4 nitrogen and oxygen atoms in total. The number of benzene rings is 4. The Labute approximate surface area is 241 Å². The SMILES string of the molecule is c1ccc(-c2c3ccccc3n3c4cccnc4c4ncccc4n4c5ccccc5c(-c5ccccc5)c4c23)cc1. The van der Waals surface area contributed by atoms with Crippen molar-refractivity contribution in [3.05, 3.63) is 146 Å². The van der Waals surface area contributed by atoms with Crippen LogP contribution in [0.4, 0.5) is 0 Å². The number of hydrogen-bond donors (Lipinski definition) is 0. The highest BCUT2D eigenvalue weighted by Gasteiger charge is 2.24. The van der Waals surface area contributed by atoms with E-state index >= 15 is 0 Å². The summed E-state index contributed by atoms with van der Waals surface area (Å²) in [4.78, 5) is 9.94. The average molecular weight is 537 g/mol. The van der Waals surface area contributed by atoms with Crippen LogP contribution in [0.2, 0.25) is 0 Å². The summed E-state index contributed by atoms with van der Waals surface area (Å²) in [6.45, 7) is 0. The van der Waals surface area contributed by atoms with Gasteiger partial charge in [-0.3, -0.25) is 9.97 Å². The zero-order chi connectivity index (χ0) is 27.6. The van der Waals surface area contributed by atoms with E-state index < -0.39 is 0 Å². The normalized spacial score (nSPS) is 11.8. The molecule has 9 aromatic rings. The molecule has 0 aliphatic rings. The van der Waals surface area contributed by atoms with Gasteiger partial charge in [0.2, 0.25) is 0 Å². The summed E-state index contributed by atoms with van der Waals surface area (Å²) in [5.41, 5.74) is 13.1. The first-order valence-corrected chi connectivity index (χ1v) is 14.2. The molecule has 5 aromatic heterocycles. The van der Waals surface area contributed by atoms with Gasteiger partial charge in [0.05, 0.1) is 33.1 Å². The number of hydrogen-bond acceptors (Lipinski definition) is 2. The molecule has 0 unspecified atom stereocenters. The van der Waals surface area contributed by atoms with Gasteiger partial charge >= 0.3 is 0 Å². The third-order valence-corrected chi connectivity index (χ3v) is 8.38. The molecule has 0 N–H and O–H groups in total. The van der Waals surface area contributed by atoms with Crippen molar-refractivity contribution >= 4 is 54.9 Å². The van der Waals surface area contributed by atoms with Crippen LogP contribution in [0, 0.1) is 0 Å². The third kappa shape index (κ3) is 3.12. The smallest absolute Gasteiger partial charge is 0.115 e. The zero-order valence-corrected chi connectivity index (χ0v) is 22.6. The maximum Gasteiger partial charge on any atom is 0.115 e. The lowest BCUT2D eigenvalue weighted by Crippen LogP contribution is -1.96. The molecule has 196 valence electrons. The van der Waals surface area contributed by atoms with Crippen molar-refractivity contribution in [2.75, 3.05) is 0 Å². The number of pyridine rings is 2. The molecular formula is C38H24N4. The van der Waals surface area contributed by atoms with Gasteiger partial charge in [-0.15, -0.1) is 0 Å². The molecule has 4 aromatic carbocycles. The van der Waals surface area contributed by atoms with E-state index in [1.165, 1.54) is 33.0 Å². The van der Waals surface area contributed by atoms with E-state index in [2.05, 4.69) is 130 Å². The van der Waals surface area contributed by atoms with E-state index in [0.717, 1.165) is 44.1 Å². The van der Waals surface area contributed by atoms with E-state index in [1.807, 2.05) is 24.5 Å². The molecule has 0 aliphatic heterocycles. The van der Waals surface area contributed by atoms with E-state index in [-0.39, 0.29) is 0 Å². The van der Waals surface area contributed by atoms with Crippen LogP contribution in [0.25, 0.3) is 77.2 Å². The zero-order valence-electron chi connectivity index (χ0n) is 22.6. The van der Waals surface area contributed by atoms with Gasteiger partial charge in [-0.05, 0) is 47.5 Å². The average Bonchev–Trinajstić information content (AvgIpc) is 3.58. The van der Waals surface area contributed by atoms with E-state index in [4.69, 9.17) is 9.97 Å². The van der Waals surface area contributed by atoms with Crippen LogP contribution >= 0.6 is 0 Å². The van der Waals surface area contributed by atoms with Crippen molar-refractivity contribution in [3.63, 3.8) is 0 Å². The minimum absolute atomic E-state index is 0.861. The van der Waals surface area contributed by atoms with Crippen LogP contribution in [0.5, 0.6) is 0 Å². The summed E-state index contributed by atoms with van der Waals surface area (Å²) in [6.07, 6.45) is 3.74. The minimum Gasteiger partial charge on any atom is -0.305 e. The van der Waals surface area contributed by atoms with Crippen LogP contribution < -0.4 is 0 Å². The molecule has 9 rings (SSSR count). The molecule has 0 aliphatic carbocycles. The van der Waals surface area contributed by atoms with Crippen molar-refractivity contribution in [1.29, 1.82) is 0 Å². The van der Waals surface area contributed by atoms with Crippen molar-refractivity contribution < 1.29 is 0 Å². The molecule has 0 radical (unpaired) electrons. The highest BCUT2D eigenvalue weighted by molar-refractivity contribution is 6.20. The standard InChI is InChI=1S/C38H24N4/c1-3-13-25(14-4-1)33-27-17-7-9-19-29(27)41-31-21-11-23-39-35(31)36-32(22-12-24-40-36)42-30-20-10-8-18-28(30)34(38(42)37(33)41)26-15-5-2-6-16-26/h1-24H. The Morgan fingerprint density at radius 2 is 0.738 bits per heavy atom. The van der Waals surface area contributed by atoms with Gasteiger partial charge in [0.1, 0.15) is 11.0 Å². The van der Waals surface area contributed by atoms with Crippen molar-refractivity contribution in [1.82, 2.24) is 18.8 Å². The van der Waals surface area contributed by atoms with Gasteiger partial charge in [0, 0.05) is 34.3 Å². The summed E-state index contributed by atoms with van der Waals surface area (Å²) in [7, 11) is 0. The second-order valence-electron chi connectivity index (χ2n) is 10.6. The molecule has 4 heteroatoms. The second-order valence-corrected chi connectivity index (χ2v) is 10.6. The Morgan fingerprint density at radius 3 is 1.19 bits per heavy atom. The monoisotopic (exact) mass is 536 g/mol. The number of para-hydroxylation sites is 2. The van der Waals surface area contributed by atoms with Crippen molar-refractivity contribution in [2.24, 2.45) is 0 Å². The molecule has 42 heavy (non-hydrogen) atoms. The number of aromatic nitrogens is 4. The minimum atomic E-state index is 0.861. The third-order valence-electron chi connectivity index (χ3n) is 8.38. The molecule has 5 heterocycles. The number of fused-ring (bicyclic) bond motifs is 12. The fraction of sp³-hybridized carbons (Fsp3) is 0. The lowest BCUT2D eigenvalue weighted by molar-refractivity contribution is 1.26. The Balaban J connectivity index is 1.77. The maximum atomic E-state index is 4.97. The fourth-order valence-corrected chi connectivity index (χ4v) is 6.74. The Bertz CT molecular complexity index is 2330. The van der Waals surface area contributed by atoms with Crippen LogP contribution in [0.15, 0.2) is 146 Å². The number of rotatable bonds is 2. The first-order valence-electron chi connectivity index (χ1n) is 14.2. The van der Waals surface area contributed by atoms with Gasteiger partial charge in [-0.25, -0.2) is 0 Å². The molecule has 0 spiro atoms. The van der Waals surface area contributed by atoms with Crippen LogP contribution in [-0.2, 0) is 0 Å². The lowest BCUT2D eigenvalue weighted by atomic mass is 9.99. The number of nitrogens with zero attached hydrogens (tertiary/aromatic N) is 4. The molecular weight excluding hydrogens is 512 g/mol. The predicted molar refractivity (Wildman–Crippen MR) is 174 cm³/mol. The topological polar surface area (TPSA) is 34.6 Å². The van der Waals surface area contributed by atoms with Gasteiger partial charge < -0.3 is 8.80 Å². The molecule has 0 saturated carbocycles. The van der Waals surface area contributed by atoms with Crippen LogP contribution in [0.3, 0.4) is 0 Å². The van der Waals surface area contributed by atoms with E-state index in [0.29, 0.717) is 0 Å². The quantitative estimate of drug-likeness (QED) is 0.220. The Morgan fingerprint density at radius 1 is 0.357 bits per heavy atom. The first-order chi connectivity index (χ1) is 20.9. The Hall–Kier alpha value is -5.74. The first kappa shape index (κ1) is 23.0. The largest absolute Gasteiger partial charge is 0.305 e. The fourth-order valence-electron chi connectivity index (χ4n) is 6.74. The van der Waals surface area contributed by atoms with Crippen LogP contribution in [-0.4, -0.2) is 18.8 Å². The van der Waals surface area contributed by atoms with Crippen LogP contribution in [0.1, 0.15) is 0 Å². The van der Waals surface area contributed by atoms with Gasteiger partial charge in [-0.2, -0.15) is 0 Å². The predicted octanol–water partition coefficient (Wildman–Crippen LogP) is 9.49. The van der Waals surface area contributed by atoms with E-state index in [1.54, 1.807) is 0 Å². The summed E-state index contributed by atoms with van der Waals surface area (Å²) in [5, 5.41) is 2.39. The molecule has 0 atom stereocenters. The summed E-state index contributed by atoms with van der Waals surface area (Å²) >= 11 is 0. The van der Waals surface area contributed by atoms with Gasteiger partial charge in [-0.1, -0.05) is 97.1 Å². The van der Waals surface area contributed by atoms with E-state index in [9.17, 15) is 0 Å². The highest BCUT2D eigenvalue weighted by Crippen LogP contribution is 2.45. The van der Waals surface area contributed by atoms with Crippen molar-refractivity contribution in [2.45, 2.75) is 0 Å². The summed E-state index contributed by atoms with van der Waals surface area (Å²) in [5.74, 6) is 0. The molecule has 0 fully saturated rings. The lowest BCUT2D eigenvalue weighted by Gasteiger charge is -2.11. The molecule has 0 saturated heterocycles. The second kappa shape index (κ2) is 8.88. The highest BCUT2D eigenvalue weighted by atomic mass is 15.0. The van der Waals surface area contributed by atoms with Gasteiger partial charge in [0.15, 0.2) is 0 Å². The maximum absolute atomic E-state index is 4.97. The summed E-state index contributed by atoms with van der Waals surface area (Å²) in [6, 6.07) is 47.4.